The number of anilines is 1. The Bertz CT molecular complexity index is 966. The molecule has 5 nitrogen and oxygen atoms in total. The zero-order valence-electron chi connectivity index (χ0n) is 14.5. The first-order chi connectivity index (χ1) is 12.6. The number of halogens is 1. The van der Waals surface area contributed by atoms with Gasteiger partial charge in [0.15, 0.2) is 0 Å². The maximum absolute atomic E-state index is 12.9. The van der Waals surface area contributed by atoms with Gasteiger partial charge in [-0.25, -0.2) is 4.98 Å². The number of rotatable bonds is 4. The molecule has 1 aliphatic rings. The van der Waals surface area contributed by atoms with Gasteiger partial charge in [0.25, 0.3) is 5.91 Å². The van der Waals surface area contributed by atoms with E-state index in [0.717, 1.165) is 47.3 Å². The number of aromatic nitrogens is 3. The SMILES string of the molecule is Cn1cnc(CCc2cncc(N3CCc4cc(Cl)ccc4C3=O)c2)c1. The molecular weight excluding hydrogens is 348 g/mol. The van der Waals surface area contributed by atoms with Gasteiger partial charge in [-0.05, 0) is 54.7 Å². The van der Waals surface area contributed by atoms with E-state index in [2.05, 4.69) is 16.0 Å². The van der Waals surface area contributed by atoms with Crippen molar-refractivity contribution in [1.29, 1.82) is 0 Å². The number of pyridine rings is 1. The first-order valence-electron chi connectivity index (χ1n) is 8.61. The fourth-order valence-corrected chi connectivity index (χ4v) is 3.52. The second-order valence-corrected chi connectivity index (χ2v) is 7.03. The number of imidazole rings is 1. The predicted molar refractivity (Wildman–Crippen MR) is 102 cm³/mol. The van der Waals surface area contributed by atoms with Gasteiger partial charge in [0.05, 0.1) is 23.9 Å². The molecule has 0 bridgehead atoms. The van der Waals surface area contributed by atoms with Crippen molar-refractivity contribution in [1.82, 2.24) is 14.5 Å². The third-order valence-electron chi connectivity index (χ3n) is 4.67. The van der Waals surface area contributed by atoms with Crippen LogP contribution in [0.25, 0.3) is 0 Å². The van der Waals surface area contributed by atoms with Crippen LogP contribution in [-0.4, -0.2) is 27.0 Å². The zero-order valence-corrected chi connectivity index (χ0v) is 15.3. The normalized spacial score (nSPS) is 13.8. The molecule has 4 rings (SSSR count). The van der Waals surface area contributed by atoms with Gasteiger partial charge in [0, 0.05) is 36.6 Å². The number of carbonyl (C=O) groups is 1. The number of hydrogen-bond acceptors (Lipinski definition) is 3. The Morgan fingerprint density at radius 1 is 1.19 bits per heavy atom. The van der Waals surface area contributed by atoms with Crippen molar-refractivity contribution in [2.45, 2.75) is 19.3 Å². The van der Waals surface area contributed by atoms with Crippen molar-refractivity contribution in [3.8, 4) is 0 Å². The maximum atomic E-state index is 12.9. The van der Waals surface area contributed by atoms with Crippen LogP contribution in [0.1, 0.15) is 27.2 Å². The summed E-state index contributed by atoms with van der Waals surface area (Å²) in [5, 5.41) is 0.670. The molecule has 3 heterocycles. The fourth-order valence-electron chi connectivity index (χ4n) is 3.33. The summed E-state index contributed by atoms with van der Waals surface area (Å²) in [6.07, 6.45) is 9.92. The lowest BCUT2D eigenvalue weighted by Crippen LogP contribution is -2.37. The van der Waals surface area contributed by atoms with Gasteiger partial charge in [0.1, 0.15) is 0 Å². The van der Waals surface area contributed by atoms with Crippen molar-refractivity contribution in [2.75, 3.05) is 11.4 Å². The van der Waals surface area contributed by atoms with Crippen LogP contribution in [0.3, 0.4) is 0 Å². The van der Waals surface area contributed by atoms with Gasteiger partial charge >= 0.3 is 0 Å². The second kappa shape index (κ2) is 6.92. The molecule has 26 heavy (non-hydrogen) atoms. The quantitative estimate of drug-likeness (QED) is 0.710. The Balaban J connectivity index is 1.53. The molecule has 0 aliphatic carbocycles. The summed E-state index contributed by atoms with van der Waals surface area (Å²) in [4.78, 5) is 23.4. The van der Waals surface area contributed by atoms with Gasteiger partial charge in [0.2, 0.25) is 0 Å². The summed E-state index contributed by atoms with van der Waals surface area (Å²) in [6.45, 7) is 0.636. The van der Waals surface area contributed by atoms with Crippen molar-refractivity contribution >= 4 is 23.2 Å². The molecule has 1 aliphatic heterocycles. The molecule has 3 aromatic rings. The van der Waals surface area contributed by atoms with E-state index in [-0.39, 0.29) is 5.91 Å². The summed E-state index contributed by atoms with van der Waals surface area (Å²) in [5.41, 5.74) is 4.73. The Hall–Kier alpha value is -2.66. The zero-order chi connectivity index (χ0) is 18.1. The summed E-state index contributed by atoms with van der Waals surface area (Å²) in [5.74, 6) is 0.00610. The average Bonchev–Trinajstić information content (AvgIpc) is 3.06. The van der Waals surface area contributed by atoms with E-state index >= 15 is 0 Å². The van der Waals surface area contributed by atoms with Gasteiger partial charge < -0.3 is 9.47 Å². The number of fused-ring (bicyclic) bond motifs is 1. The average molecular weight is 367 g/mol. The topological polar surface area (TPSA) is 51.0 Å². The van der Waals surface area contributed by atoms with Crippen molar-refractivity contribution in [3.63, 3.8) is 0 Å². The summed E-state index contributed by atoms with van der Waals surface area (Å²) in [6, 6.07) is 7.51. The molecule has 6 heteroatoms. The van der Waals surface area contributed by atoms with E-state index in [4.69, 9.17) is 11.6 Å². The van der Waals surface area contributed by atoms with Gasteiger partial charge in [-0.1, -0.05) is 11.6 Å². The highest BCUT2D eigenvalue weighted by atomic mass is 35.5. The van der Waals surface area contributed by atoms with Crippen LogP contribution >= 0.6 is 11.6 Å². The Kier molecular flexibility index (Phi) is 4.47. The van der Waals surface area contributed by atoms with Crippen LogP contribution < -0.4 is 4.90 Å². The highest BCUT2D eigenvalue weighted by molar-refractivity contribution is 6.30. The smallest absolute Gasteiger partial charge is 0.258 e. The van der Waals surface area contributed by atoms with E-state index in [1.54, 1.807) is 23.5 Å². The lowest BCUT2D eigenvalue weighted by molar-refractivity contribution is 0.0980. The third kappa shape index (κ3) is 3.35. The molecule has 0 N–H and O–H groups in total. The first kappa shape index (κ1) is 16.8. The standard InChI is InChI=1S/C20H19ClN4O/c1-24-12-17(23-13-24)4-2-14-8-18(11-22-10-14)25-7-6-15-9-16(21)3-5-19(15)20(25)26/h3,5,8-13H,2,4,6-7H2,1H3. The maximum Gasteiger partial charge on any atom is 0.258 e. The molecule has 1 aromatic carbocycles. The van der Waals surface area contributed by atoms with Crippen LogP contribution in [0.15, 0.2) is 49.2 Å². The lowest BCUT2D eigenvalue weighted by Gasteiger charge is -2.28. The fraction of sp³-hybridized carbons (Fsp3) is 0.250. The number of carbonyl (C=O) groups excluding carboxylic acids is 1. The van der Waals surface area contributed by atoms with Crippen LogP contribution in [0, 0.1) is 0 Å². The molecule has 0 atom stereocenters. The summed E-state index contributed by atoms with van der Waals surface area (Å²) in [7, 11) is 1.96. The monoisotopic (exact) mass is 366 g/mol. The minimum Gasteiger partial charge on any atom is -0.340 e. The van der Waals surface area contributed by atoms with E-state index in [1.807, 2.05) is 36.1 Å². The Morgan fingerprint density at radius 3 is 2.88 bits per heavy atom. The van der Waals surface area contributed by atoms with Crippen LogP contribution in [-0.2, 0) is 26.3 Å². The van der Waals surface area contributed by atoms with Crippen LogP contribution in [0.5, 0.6) is 0 Å². The molecule has 0 radical (unpaired) electrons. The molecule has 0 unspecified atom stereocenters. The highest BCUT2D eigenvalue weighted by Crippen LogP contribution is 2.26. The Morgan fingerprint density at radius 2 is 2.08 bits per heavy atom. The highest BCUT2D eigenvalue weighted by Gasteiger charge is 2.25. The number of benzene rings is 1. The number of aryl methyl sites for hydroxylation is 3. The molecule has 0 spiro atoms. The first-order valence-corrected chi connectivity index (χ1v) is 8.99. The van der Waals surface area contributed by atoms with Crippen LogP contribution in [0.2, 0.25) is 5.02 Å². The van der Waals surface area contributed by atoms with Crippen molar-refractivity contribution in [2.24, 2.45) is 7.05 Å². The van der Waals surface area contributed by atoms with Gasteiger partial charge in [-0.2, -0.15) is 0 Å². The number of nitrogens with zero attached hydrogens (tertiary/aromatic N) is 4. The van der Waals surface area contributed by atoms with Crippen molar-refractivity contribution in [3.05, 3.63) is 76.6 Å². The van der Waals surface area contributed by atoms with Crippen LogP contribution in [0.4, 0.5) is 5.69 Å². The largest absolute Gasteiger partial charge is 0.340 e. The molecule has 0 saturated heterocycles. The molecular formula is C20H19ClN4O. The third-order valence-corrected chi connectivity index (χ3v) is 4.90. The van der Waals surface area contributed by atoms with Gasteiger partial charge in [-0.15, -0.1) is 0 Å². The molecule has 2 aromatic heterocycles. The molecule has 1 amide bonds. The second-order valence-electron chi connectivity index (χ2n) is 6.59. The lowest BCUT2D eigenvalue weighted by atomic mass is 9.98. The minimum atomic E-state index is 0.00610. The number of amides is 1. The molecule has 0 saturated carbocycles. The van der Waals surface area contributed by atoms with E-state index in [1.165, 1.54) is 0 Å². The summed E-state index contributed by atoms with van der Waals surface area (Å²) < 4.78 is 1.94. The Labute approximate surface area is 157 Å². The number of hydrogen-bond donors (Lipinski definition) is 0. The minimum absolute atomic E-state index is 0.00610. The molecule has 132 valence electrons. The predicted octanol–water partition coefficient (Wildman–Crippen LogP) is 3.46. The summed E-state index contributed by atoms with van der Waals surface area (Å²) >= 11 is 6.04. The van der Waals surface area contributed by atoms with Crippen molar-refractivity contribution < 1.29 is 4.79 Å². The van der Waals surface area contributed by atoms with E-state index in [9.17, 15) is 4.79 Å². The molecule has 0 fully saturated rings. The van der Waals surface area contributed by atoms with E-state index < -0.39 is 0 Å². The van der Waals surface area contributed by atoms with E-state index in [0.29, 0.717) is 11.6 Å². The van der Waals surface area contributed by atoms with Gasteiger partial charge in [-0.3, -0.25) is 9.78 Å².